The van der Waals surface area contributed by atoms with Gasteiger partial charge in [0.2, 0.25) is 0 Å². The highest BCUT2D eigenvalue weighted by molar-refractivity contribution is 7.27. The maximum absolute atomic E-state index is 2.40. The van der Waals surface area contributed by atoms with Crippen LogP contribution in [0.5, 0.6) is 0 Å². The lowest BCUT2D eigenvalue weighted by atomic mass is 10.0. The molecule has 0 aliphatic rings. The van der Waals surface area contributed by atoms with E-state index in [9.17, 15) is 0 Å². The number of hydrogen-bond acceptors (Lipinski definition) is 9. The molecule has 0 N–H and O–H groups in total. The van der Waals surface area contributed by atoms with Gasteiger partial charge in [-0.05, 0) is 180 Å². The molecule has 7 aromatic carbocycles. The Labute approximate surface area is 461 Å². The van der Waals surface area contributed by atoms with E-state index in [1.165, 1.54) is 75.6 Å². The summed E-state index contributed by atoms with van der Waals surface area (Å²) in [6, 6.07) is 98.6. The molecule has 0 saturated heterocycles. The van der Waals surface area contributed by atoms with Crippen molar-refractivity contribution >= 4 is 117 Å². The van der Waals surface area contributed by atoms with Gasteiger partial charge in [-0.3, -0.25) is 0 Å². The Kier molecular flexibility index (Phi) is 13.2. The summed E-state index contributed by atoms with van der Waals surface area (Å²) in [5.74, 6) is 0. The fraction of sp³-hybridized carbons (Fsp3) is 0. The number of thiophene rings is 6. The second-order valence-electron chi connectivity index (χ2n) is 17.7. The van der Waals surface area contributed by atoms with Crippen molar-refractivity contribution in [1.29, 1.82) is 0 Å². The van der Waals surface area contributed by atoms with E-state index in [0.29, 0.717) is 0 Å². The molecule has 0 unspecified atom stereocenters. The van der Waals surface area contributed by atoms with Gasteiger partial charge in [-0.25, -0.2) is 0 Å². The molecule has 0 aliphatic heterocycles. The molecular formula is C66H45N3S6. The Hall–Kier alpha value is -7.86. The lowest BCUT2D eigenvalue weighted by molar-refractivity contribution is 1.32. The van der Waals surface area contributed by atoms with E-state index in [2.05, 4.69) is 288 Å². The Morgan fingerprint density at radius 3 is 0.587 bits per heavy atom. The molecule has 0 atom stereocenters. The molecule has 0 radical (unpaired) electrons. The largest absolute Gasteiger partial charge is 0.302 e. The first-order valence-electron chi connectivity index (χ1n) is 24.6. The number of hydrogen-bond donors (Lipinski definition) is 0. The summed E-state index contributed by atoms with van der Waals surface area (Å²) in [7, 11) is 0. The second-order valence-corrected chi connectivity index (χ2v) is 24.2. The average Bonchev–Trinajstić information content (AvgIpc) is 4.35. The van der Waals surface area contributed by atoms with Gasteiger partial charge in [0, 0.05) is 78.0 Å². The molecule has 13 rings (SSSR count). The van der Waals surface area contributed by atoms with Crippen LogP contribution in [0.3, 0.4) is 0 Å². The minimum absolute atomic E-state index is 1.14. The topological polar surface area (TPSA) is 9.72 Å². The molecule has 0 bridgehead atoms. The van der Waals surface area contributed by atoms with Gasteiger partial charge >= 0.3 is 0 Å². The Morgan fingerprint density at radius 1 is 0.173 bits per heavy atom. The van der Waals surface area contributed by atoms with Crippen LogP contribution in [0.1, 0.15) is 0 Å². The van der Waals surface area contributed by atoms with Crippen molar-refractivity contribution in [3.05, 3.63) is 273 Å². The average molecular weight is 1070 g/mol. The zero-order chi connectivity index (χ0) is 49.9. The molecule has 0 aliphatic carbocycles. The van der Waals surface area contributed by atoms with Crippen molar-refractivity contribution in [3.63, 3.8) is 0 Å². The summed E-state index contributed by atoms with van der Waals surface area (Å²) in [4.78, 5) is 18.3. The van der Waals surface area contributed by atoms with E-state index in [1.807, 2.05) is 68.0 Å². The molecule has 0 spiro atoms. The molecule has 75 heavy (non-hydrogen) atoms. The fourth-order valence-electron chi connectivity index (χ4n) is 9.34. The van der Waals surface area contributed by atoms with Crippen LogP contribution < -0.4 is 14.7 Å². The van der Waals surface area contributed by atoms with Crippen LogP contribution in [-0.2, 0) is 0 Å². The zero-order valence-corrected chi connectivity index (χ0v) is 45.2. The Morgan fingerprint density at radius 2 is 0.360 bits per heavy atom. The van der Waals surface area contributed by atoms with Gasteiger partial charge in [-0.15, -0.1) is 68.0 Å². The smallest absolute Gasteiger partial charge is 0.101 e. The van der Waals surface area contributed by atoms with Crippen molar-refractivity contribution in [2.75, 3.05) is 14.7 Å². The highest BCUT2D eigenvalue weighted by Crippen LogP contribution is 2.50. The van der Waals surface area contributed by atoms with E-state index in [-0.39, 0.29) is 0 Å². The number of rotatable bonds is 15. The molecule has 6 aromatic heterocycles. The van der Waals surface area contributed by atoms with Crippen LogP contribution in [0, 0.1) is 0 Å². The van der Waals surface area contributed by atoms with Gasteiger partial charge in [0.1, 0.15) is 15.0 Å². The first kappa shape index (κ1) is 46.9. The number of nitrogens with zero attached hydrogens (tertiary/aromatic N) is 3. The minimum Gasteiger partial charge on any atom is -0.302 e. The van der Waals surface area contributed by atoms with Gasteiger partial charge in [0.25, 0.3) is 0 Å². The number of para-hydroxylation sites is 6. The molecule has 13 aromatic rings. The minimum atomic E-state index is 1.14. The van der Waals surface area contributed by atoms with Crippen molar-refractivity contribution in [3.8, 4) is 60.6 Å². The van der Waals surface area contributed by atoms with Gasteiger partial charge < -0.3 is 14.7 Å². The molecule has 6 heterocycles. The maximum atomic E-state index is 2.40. The predicted octanol–water partition coefficient (Wildman–Crippen LogP) is 22.5. The van der Waals surface area contributed by atoms with Crippen LogP contribution in [-0.4, -0.2) is 0 Å². The van der Waals surface area contributed by atoms with Crippen molar-refractivity contribution in [1.82, 2.24) is 0 Å². The number of benzene rings is 7. The molecule has 360 valence electrons. The zero-order valence-electron chi connectivity index (χ0n) is 40.3. The van der Waals surface area contributed by atoms with Gasteiger partial charge in [-0.1, -0.05) is 109 Å². The molecular weight excluding hydrogens is 1030 g/mol. The van der Waals surface area contributed by atoms with E-state index in [0.717, 1.165) is 34.1 Å². The summed E-state index contributed by atoms with van der Waals surface area (Å²) >= 11 is 11.1. The van der Waals surface area contributed by atoms with Crippen LogP contribution in [0.25, 0.3) is 60.6 Å². The summed E-state index contributed by atoms with van der Waals surface area (Å²) in [5.41, 5.74) is 10.5. The molecule has 0 fully saturated rings. The van der Waals surface area contributed by atoms with E-state index in [1.54, 1.807) is 0 Å². The van der Waals surface area contributed by atoms with Crippen LogP contribution in [0.15, 0.2) is 273 Å². The maximum Gasteiger partial charge on any atom is 0.101 e. The molecule has 3 nitrogen and oxygen atoms in total. The Balaban J connectivity index is 0.856. The third-order valence-electron chi connectivity index (χ3n) is 12.9. The van der Waals surface area contributed by atoms with E-state index >= 15 is 0 Å². The first-order chi connectivity index (χ1) is 37.1. The SMILES string of the molecule is c1ccc(N(c2ccccc2)c2ccc(-c3ccc(-c4cc(-c5ccc(-c6ccc(N(c7ccccc7)c7ccccc7)s6)s5)cc(-c5ccc(-c6ccc(N(c7ccccc7)c7ccccc7)s6)s5)c4)s3)s2)cc1. The summed E-state index contributed by atoms with van der Waals surface area (Å²) in [5, 5.41) is 3.54. The fourth-order valence-corrected chi connectivity index (χ4v) is 15.7. The van der Waals surface area contributed by atoms with Crippen molar-refractivity contribution < 1.29 is 0 Å². The first-order valence-corrected chi connectivity index (χ1v) is 29.5. The quantitative estimate of drug-likeness (QED) is 0.101. The third-order valence-corrected chi connectivity index (χ3v) is 20.1. The van der Waals surface area contributed by atoms with E-state index < -0.39 is 0 Å². The van der Waals surface area contributed by atoms with Gasteiger partial charge in [-0.2, -0.15) is 0 Å². The van der Waals surface area contributed by atoms with Crippen LogP contribution in [0.4, 0.5) is 49.1 Å². The van der Waals surface area contributed by atoms with Crippen LogP contribution >= 0.6 is 68.0 Å². The molecule has 9 heteroatoms. The van der Waals surface area contributed by atoms with E-state index in [4.69, 9.17) is 0 Å². The Bertz CT molecular complexity index is 3420. The van der Waals surface area contributed by atoms with Crippen molar-refractivity contribution in [2.45, 2.75) is 0 Å². The number of anilines is 9. The van der Waals surface area contributed by atoms with Gasteiger partial charge in [0.05, 0.1) is 0 Å². The molecule has 0 saturated carbocycles. The normalized spacial score (nSPS) is 11.2. The van der Waals surface area contributed by atoms with Gasteiger partial charge in [0.15, 0.2) is 0 Å². The monoisotopic (exact) mass is 1070 g/mol. The highest BCUT2D eigenvalue weighted by atomic mass is 32.1. The molecule has 0 amide bonds. The van der Waals surface area contributed by atoms with Crippen molar-refractivity contribution in [2.24, 2.45) is 0 Å². The standard InChI is InChI=1S/C66H45N3S6/c1-7-19-49(20-8-1)67(50-21-9-2-10-22-50)64-40-37-61(73-64)58-34-31-55(70-58)46-43-47(56-32-35-59(71-56)62-38-41-65(74-62)68(51-23-11-3-12-24-51)52-25-13-4-14-26-52)45-48(44-46)57-33-36-60(72-57)63-39-42-66(75-63)69(53-27-15-5-16-28-53)54-29-17-6-18-30-54/h1-45H. The second kappa shape index (κ2) is 21.2. The summed E-state index contributed by atoms with van der Waals surface area (Å²) in [6.45, 7) is 0. The summed E-state index contributed by atoms with van der Waals surface area (Å²) < 4.78 is 0. The lowest BCUT2D eigenvalue weighted by Crippen LogP contribution is -2.07. The van der Waals surface area contributed by atoms with Crippen LogP contribution in [0.2, 0.25) is 0 Å². The summed E-state index contributed by atoms with van der Waals surface area (Å²) in [6.07, 6.45) is 0. The predicted molar refractivity (Wildman–Crippen MR) is 330 cm³/mol. The highest BCUT2D eigenvalue weighted by Gasteiger charge is 2.21. The lowest BCUT2D eigenvalue weighted by Gasteiger charge is -2.23. The third kappa shape index (κ3) is 9.86.